The summed E-state index contributed by atoms with van der Waals surface area (Å²) in [6.45, 7) is 0. The molecule has 0 fully saturated rings. The average molecular weight is 236 g/mol. The molecule has 4 heavy (non-hydrogen) atoms. The Balaban J connectivity index is -0.00000000500. The Morgan fingerprint density at radius 2 is 1.00 bits per heavy atom. The maximum atomic E-state index is 8.33. The summed E-state index contributed by atoms with van der Waals surface area (Å²) in [6, 6.07) is 0. The molecule has 0 rings (SSSR count). The van der Waals surface area contributed by atoms with Gasteiger partial charge in [-0.3, -0.25) is 0 Å². The van der Waals surface area contributed by atoms with E-state index in [1.807, 2.05) is 0 Å². The molecular formula is H4O3W. The topological polar surface area (TPSA) is 80.1 Å². The summed E-state index contributed by atoms with van der Waals surface area (Å²) in [5, 5.41) is 0. The van der Waals surface area contributed by atoms with Crippen molar-refractivity contribution in [2.24, 2.45) is 0 Å². The van der Waals surface area contributed by atoms with E-state index in [0.717, 1.165) is 0 Å². The summed E-state index contributed by atoms with van der Waals surface area (Å²) in [5.74, 6) is 0. The molecule has 0 aliphatic heterocycles. The maximum absolute atomic E-state index is 8.33. The first-order valence-corrected chi connectivity index (χ1v) is 1.36. The van der Waals surface area contributed by atoms with Gasteiger partial charge in [-0.1, -0.05) is 0 Å². The molecule has 0 amide bonds. The van der Waals surface area contributed by atoms with Crippen molar-refractivity contribution in [3.8, 4) is 0 Å². The standard InChI is InChI=1S/2H2O.O.W/h2*1H2;;. The Bertz CT molecular complexity index is 3.25. The van der Waals surface area contributed by atoms with Gasteiger partial charge in [0.05, 0.1) is 0 Å². The molecule has 3 nitrogen and oxygen atoms in total. The summed E-state index contributed by atoms with van der Waals surface area (Å²) in [6.07, 6.45) is 0. The van der Waals surface area contributed by atoms with Crippen LogP contribution in [0.2, 0.25) is 0 Å². The van der Waals surface area contributed by atoms with Crippen molar-refractivity contribution in [3.63, 3.8) is 0 Å². The molecule has 4 heteroatoms. The van der Waals surface area contributed by atoms with Gasteiger partial charge in [0.2, 0.25) is 0 Å². The van der Waals surface area contributed by atoms with E-state index in [-0.39, 0.29) is 11.0 Å². The monoisotopic (exact) mass is 236 g/mol. The summed E-state index contributed by atoms with van der Waals surface area (Å²) in [5.41, 5.74) is 0. The van der Waals surface area contributed by atoms with E-state index in [0.29, 0.717) is 19.8 Å². The van der Waals surface area contributed by atoms with Crippen molar-refractivity contribution >= 4 is 0 Å². The molecule has 0 atom stereocenters. The van der Waals surface area contributed by atoms with Crippen LogP contribution in [0, 0.1) is 0 Å². The van der Waals surface area contributed by atoms with Gasteiger partial charge in [0, 0.05) is 0 Å². The molecule has 0 unspecified atom stereocenters. The van der Waals surface area contributed by atoms with Crippen LogP contribution < -0.4 is 0 Å². The average Bonchev–Trinajstić information content (AvgIpc) is 1.00. The van der Waals surface area contributed by atoms with Crippen molar-refractivity contribution in [2.75, 3.05) is 0 Å². The van der Waals surface area contributed by atoms with Crippen LogP contribution in [0.1, 0.15) is 0 Å². The van der Waals surface area contributed by atoms with E-state index < -0.39 is 0 Å². The molecule has 0 radical (unpaired) electrons. The minimum atomic E-state index is 0. The summed E-state index contributed by atoms with van der Waals surface area (Å²) >= 11 is 0.333. The van der Waals surface area contributed by atoms with Crippen LogP contribution >= 0.6 is 0 Å². The van der Waals surface area contributed by atoms with Gasteiger partial charge in [0.15, 0.2) is 0 Å². The van der Waals surface area contributed by atoms with E-state index >= 15 is 0 Å². The molecule has 28 valence electrons. The van der Waals surface area contributed by atoms with Crippen LogP contribution in [0.25, 0.3) is 0 Å². The van der Waals surface area contributed by atoms with Crippen LogP contribution in [0.15, 0.2) is 0 Å². The van der Waals surface area contributed by atoms with Crippen molar-refractivity contribution in [2.45, 2.75) is 0 Å². The fraction of sp³-hybridized carbons (Fsp3) is 0. The number of rotatable bonds is 0. The summed E-state index contributed by atoms with van der Waals surface area (Å²) in [7, 11) is 0. The molecule has 0 aliphatic carbocycles. The summed E-state index contributed by atoms with van der Waals surface area (Å²) in [4.78, 5) is 0. The number of hydrogen-bond acceptors (Lipinski definition) is 1. The molecule has 0 heterocycles. The SMILES string of the molecule is O.O.[O]=[W]. The van der Waals surface area contributed by atoms with Crippen molar-refractivity contribution in [1.29, 1.82) is 0 Å². The Morgan fingerprint density at radius 1 is 1.00 bits per heavy atom. The van der Waals surface area contributed by atoms with E-state index in [9.17, 15) is 0 Å². The van der Waals surface area contributed by atoms with Crippen molar-refractivity contribution in [1.82, 2.24) is 0 Å². The van der Waals surface area contributed by atoms with E-state index in [1.54, 1.807) is 0 Å². The van der Waals surface area contributed by atoms with Gasteiger partial charge < -0.3 is 11.0 Å². The Morgan fingerprint density at radius 3 is 1.00 bits per heavy atom. The zero-order chi connectivity index (χ0) is 2.00. The van der Waals surface area contributed by atoms with E-state index in [1.165, 1.54) is 0 Å². The first-order chi connectivity index (χ1) is 1.00. The third-order valence-corrected chi connectivity index (χ3v) is 0. The second-order valence-electron chi connectivity index (χ2n) is 0. The predicted molar refractivity (Wildman–Crippen MR) is 7.91 cm³/mol. The van der Waals surface area contributed by atoms with E-state index in [4.69, 9.17) is 3.40 Å². The normalized spacial score (nSPS) is 1.00. The zero-order valence-corrected chi connectivity index (χ0v) is 4.75. The molecule has 0 saturated heterocycles. The van der Waals surface area contributed by atoms with Crippen LogP contribution in [-0.4, -0.2) is 11.0 Å². The van der Waals surface area contributed by atoms with Gasteiger partial charge in [0.1, 0.15) is 0 Å². The molecule has 4 N–H and O–H groups in total. The summed E-state index contributed by atoms with van der Waals surface area (Å²) < 4.78 is 8.33. The Labute approximate surface area is 34.8 Å². The quantitative estimate of drug-likeness (QED) is 0.490. The first kappa shape index (κ1) is 25.8. The van der Waals surface area contributed by atoms with Gasteiger partial charge >= 0.3 is 23.2 Å². The van der Waals surface area contributed by atoms with Crippen LogP contribution in [-0.2, 0) is 23.2 Å². The van der Waals surface area contributed by atoms with E-state index in [2.05, 4.69) is 0 Å². The first-order valence-electron chi connectivity index (χ1n) is 0.167. The van der Waals surface area contributed by atoms with Gasteiger partial charge in [-0.2, -0.15) is 0 Å². The van der Waals surface area contributed by atoms with Crippen LogP contribution in [0.4, 0.5) is 0 Å². The fourth-order valence-corrected chi connectivity index (χ4v) is 0. The van der Waals surface area contributed by atoms with Crippen molar-refractivity contribution < 1.29 is 34.1 Å². The third kappa shape index (κ3) is 28.7. The molecule has 0 aromatic heterocycles. The molecule has 0 saturated carbocycles. The molecule has 0 aromatic carbocycles. The van der Waals surface area contributed by atoms with Crippen molar-refractivity contribution in [3.05, 3.63) is 0 Å². The second kappa shape index (κ2) is 119. The molecule has 0 spiro atoms. The predicted octanol–water partition coefficient (Wildman–Crippen LogP) is -1.77. The fourth-order valence-electron chi connectivity index (χ4n) is 0. The second-order valence-corrected chi connectivity index (χ2v) is 0. The van der Waals surface area contributed by atoms with Gasteiger partial charge in [0.25, 0.3) is 0 Å². The Kier molecular flexibility index (Phi) is 765. The van der Waals surface area contributed by atoms with Gasteiger partial charge in [-0.15, -0.1) is 0 Å². The minimum absolute atomic E-state index is 0. The molecule has 0 aromatic rings. The molecule has 0 bridgehead atoms. The zero-order valence-electron chi connectivity index (χ0n) is 1.82. The number of hydrogen-bond donors (Lipinski definition) is 0. The van der Waals surface area contributed by atoms with Gasteiger partial charge in [-0.05, 0) is 0 Å². The molecular weight excluding hydrogens is 232 g/mol. The van der Waals surface area contributed by atoms with Gasteiger partial charge in [-0.25, -0.2) is 0 Å². The molecule has 0 aliphatic rings. The Hall–Kier alpha value is 0.408. The third-order valence-electron chi connectivity index (χ3n) is 0. The van der Waals surface area contributed by atoms with Crippen LogP contribution in [0.5, 0.6) is 0 Å². The van der Waals surface area contributed by atoms with Crippen LogP contribution in [0.3, 0.4) is 0 Å².